The summed E-state index contributed by atoms with van der Waals surface area (Å²) >= 11 is 3.36. The molecule has 140 valence electrons. The molecule has 0 radical (unpaired) electrons. The molecule has 4 rings (SSSR count). The van der Waals surface area contributed by atoms with E-state index in [1.807, 2.05) is 24.3 Å². The Morgan fingerprint density at radius 1 is 1.14 bits per heavy atom. The summed E-state index contributed by atoms with van der Waals surface area (Å²) in [7, 11) is 1.56. The number of phenols is 1. The van der Waals surface area contributed by atoms with Crippen LogP contribution < -0.4 is 10.1 Å². The summed E-state index contributed by atoms with van der Waals surface area (Å²) in [6, 6.07) is 17.2. The average Bonchev–Trinajstić information content (AvgIpc) is 3.11. The quantitative estimate of drug-likeness (QED) is 0.455. The molecule has 7 heteroatoms. The second-order valence-corrected chi connectivity index (χ2v) is 6.88. The third-order valence-corrected chi connectivity index (χ3v) is 4.81. The summed E-state index contributed by atoms with van der Waals surface area (Å²) < 4.78 is 11.5. The van der Waals surface area contributed by atoms with E-state index in [9.17, 15) is 9.90 Å². The number of nitrogens with zero attached hydrogens (tertiary/aromatic N) is 1. The van der Waals surface area contributed by atoms with Gasteiger partial charge in [0.2, 0.25) is 5.89 Å². The van der Waals surface area contributed by atoms with Crippen molar-refractivity contribution in [2.24, 2.45) is 0 Å². The summed E-state index contributed by atoms with van der Waals surface area (Å²) in [5.41, 5.74) is 2.70. The first-order valence-corrected chi connectivity index (χ1v) is 9.18. The predicted molar refractivity (Wildman–Crippen MR) is 110 cm³/mol. The van der Waals surface area contributed by atoms with Crippen LogP contribution in [0.4, 0.5) is 5.69 Å². The van der Waals surface area contributed by atoms with Crippen molar-refractivity contribution in [3.05, 3.63) is 70.7 Å². The van der Waals surface area contributed by atoms with Crippen LogP contribution in [0.5, 0.6) is 11.5 Å². The Labute approximate surface area is 168 Å². The number of anilines is 1. The van der Waals surface area contributed by atoms with Crippen LogP contribution in [0.3, 0.4) is 0 Å². The zero-order valence-electron chi connectivity index (χ0n) is 14.8. The highest BCUT2D eigenvalue weighted by Crippen LogP contribution is 2.33. The van der Waals surface area contributed by atoms with Crippen LogP contribution in [-0.2, 0) is 0 Å². The molecule has 1 amide bonds. The fourth-order valence-corrected chi connectivity index (χ4v) is 3.33. The number of amides is 1. The molecule has 0 fully saturated rings. The summed E-state index contributed by atoms with van der Waals surface area (Å²) in [4.78, 5) is 16.8. The monoisotopic (exact) mass is 438 g/mol. The van der Waals surface area contributed by atoms with Gasteiger partial charge in [-0.3, -0.25) is 4.79 Å². The largest absolute Gasteiger partial charge is 0.507 e. The highest BCUT2D eigenvalue weighted by atomic mass is 79.9. The molecule has 0 bridgehead atoms. The Morgan fingerprint density at radius 2 is 1.96 bits per heavy atom. The van der Waals surface area contributed by atoms with Crippen molar-refractivity contribution in [3.63, 3.8) is 0 Å². The minimum absolute atomic E-state index is 0.0414. The van der Waals surface area contributed by atoms with Gasteiger partial charge in [-0.25, -0.2) is 4.98 Å². The van der Waals surface area contributed by atoms with Crippen molar-refractivity contribution in [3.8, 4) is 23.0 Å². The number of oxazole rings is 1. The molecule has 0 aliphatic carbocycles. The number of benzene rings is 3. The topological polar surface area (TPSA) is 84.6 Å². The van der Waals surface area contributed by atoms with E-state index in [0.29, 0.717) is 44.0 Å². The zero-order chi connectivity index (χ0) is 19.7. The molecule has 3 aromatic carbocycles. The van der Waals surface area contributed by atoms with Crippen LogP contribution in [0.1, 0.15) is 10.4 Å². The second kappa shape index (κ2) is 7.36. The molecule has 28 heavy (non-hydrogen) atoms. The molecule has 0 saturated heterocycles. The Balaban J connectivity index is 1.57. The van der Waals surface area contributed by atoms with Crippen molar-refractivity contribution >= 4 is 38.6 Å². The number of halogens is 1. The van der Waals surface area contributed by atoms with Gasteiger partial charge in [-0.05, 0) is 58.4 Å². The molecule has 0 unspecified atom stereocenters. The Bertz CT molecular complexity index is 1150. The minimum atomic E-state index is -0.308. The van der Waals surface area contributed by atoms with Gasteiger partial charge in [0, 0.05) is 17.3 Å². The first-order chi connectivity index (χ1) is 13.5. The number of aromatic nitrogens is 1. The predicted octanol–water partition coefficient (Wildman–Crippen LogP) is 5.22. The number of hydrogen-bond acceptors (Lipinski definition) is 5. The lowest BCUT2D eigenvalue weighted by Crippen LogP contribution is -2.11. The Kier molecular flexibility index (Phi) is 4.75. The molecular formula is C21H15BrN2O4. The number of rotatable bonds is 4. The molecule has 0 aliphatic heterocycles. The number of methoxy groups -OCH3 is 1. The number of fused-ring (bicyclic) bond motifs is 1. The van der Waals surface area contributed by atoms with E-state index >= 15 is 0 Å². The van der Waals surface area contributed by atoms with Crippen molar-refractivity contribution in [2.75, 3.05) is 12.4 Å². The van der Waals surface area contributed by atoms with Gasteiger partial charge in [0.25, 0.3) is 5.91 Å². The van der Waals surface area contributed by atoms with Crippen LogP contribution in [0.25, 0.3) is 22.6 Å². The van der Waals surface area contributed by atoms with Gasteiger partial charge in [-0.2, -0.15) is 0 Å². The normalized spacial score (nSPS) is 10.8. The van der Waals surface area contributed by atoms with Gasteiger partial charge in [0.1, 0.15) is 17.0 Å². The van der Waals surface area contributed by atoms with Crippen LogP contribution >= 0.6 is 15.9 Å². The SMILES string of the molecule is COc1ccc(C(=O)Nc2ccc(-c3nc4ccccc4o3)c(O)c2)cc1Br. The van der Waals surface area contributed by atoms with E-state index < -0.39 is 0 Å². The van der Waals surface area contributed by atoms with E-state index in [-0.39, 0.29) is 11.7 Å². The smallest absolute Gasteiger partial charge is 0.255 e. The molecule has 2 N–H and O–H groups in total. The van der Waals surface area contributed by atoms with Gasteiger partial charge < -0.3 is 19.6 Å². The fourth-order valence-electron chi connectivity index (χ4n) is 2.79. The minimum Gasteiger partial charge on any atom is -0.507 e. The van der Waals surface area contributed by atoms with Gasteiger partial charge in [0.15, 0.2) is 5.58 Å². The molecule has 0 atom stereocenters. The van der Waals surface area contributed by atoms with Crippen LogP contribution in [-0.4, -0.2) is 23.1 Å². The zero-order valence-corrected chi connectivity index (χ0v) is 16.4. The van der Waals surface area contributed by atoms with E-state index in [2.05, 4.69) is 26.2 Å². The lowest BCUT2D eigenvalue weighted by Gasteiger charge is -2.09. The maximum Gasteiger partial charge on any atom is 0.255 e. The number of phenolic OH excluding ortho intramolecular Hbond substituents is 1. The molecule has 0 aliphatic rings. The van der Waals surface area contributed by atoms with Gasteiger partial charge in [-0.15, -0.1) is 0 Å². The maximum absolute atomic E-state index is 12.5. The molecule has 0 saturated carbocycles. The van der Waals surface area contributed by atoms with Gasteiger partial charge in [-0.1, -0.05) is 12.1 Å². The first kappa shape index (κ1) is 18.1. The Morgan fingerprint density at radius 3 is 2.68 bits per heavy atom. The average molecular weight is 439 g/mol. The molecule has 6 nitrogen and oxygen atoms in total. The Hall–Kier alpha value is -3.32. The molecule has 4 aromatic rings. The first-order valence-electron chi connectivity index (χ1n) is 8.39. The van der Waals surface area contributed by atoms with Crippen molar-refractivity contribution in [1.29, 1.82) is 0 Å². The fraction of sp³-hybridized carbons (Fsp3) is 0.0476. The summed E-state index contributed by atoms with van der Waals surface area (Å²) in [6.07, 6.45) is 0. The van der Waals surface area contributed by atoms with E-state index in [4.69, 9.17) is 9.15 Å². The van der Waals surface area contributed by atoms with E-state index in [1.165, 1.54) is 6.07 Å². The van der Waals surface area contributed by atoms with Crippen LogP contribution in [0.2, 0.25) is 0 Å². The summed E-state index contributed by atoms with van der Waals surface area (Å²) in [6.45, 7) is 0. The number of ether oxygens (including phenoxy) is 1. The second-order valence-electron chi connectivity index (χ2n) is 6.02. The van der Waals surface area contributed by atoms with E-state index in [0.717, 1.165) is 0 Å². The van der Waals surface area contributed by atoms with Crippen LogP contribution in [0, 0.1) is 0 Å². The number of aromatic hydroxyl groups is 1. The molecule has 0 spiro atoms. The highest BCUT2D eigenvalue weighted by molar-refractivity contribution is 9.10. The van der Waals surface area contributed by atoms with Gasteiger partial charge in [0.05, 0.1) is 17.1 Å². The lowest BCUT2D eigenvalue weighted by molar-refractivity contribution is 0.102. The number of carbonyl (C=O) groups excluding carboxylic acids is 1. The molecule has 1 aromatic heterocycles. The summed E-state index contributed by atoms with van der Waals surface area (Å²) in [5.74, 6) is 0.602. The van der Waals surface area contributed by atoms with Crippen molar-refractivity contribution in [2.45, 2.75) is 0 Å². The number of para-hydroxylation sites is 2. The number of nitrogens with one attached hydrogen (secondary N) is 1. The highest BCUT2D eigenvalue weighted by Gasteiger charge is 2.14. The van der Waals surface area contributed by atoms with Crippen molar-refractivity contribution < 1.29 is 19.1 Å². The van der Waals surface area contributed by atoms with E-state index in [1.54, 1.807) is 37.4 Å². The van der Waals surface area contributed by atoms with Crippen molar-refractivity contribution in [1.82, 2.24) is 4.98 Å². The van der Waals surface area contributed by atoms with Gasteiger partial charge >= 0.3 is 0 Å². The lowest BCUT2D eigenvalue weighted by atomic mass is 10.1. The molecular weight excluding hydrogens is 424 g/mol. The number of carbonyl (C=O) groups is 1. The third-order valence-electron chi connectivity index (χ3n) is 4.19. The molecule has 1 heterocycles. The van der Waals surface area contributed by atoms with Crippen LogP contribution in [0.15, 0.2) is 69.6 Å². The standard InChI is InChI=1S/C21H15BrN2O4/c1-27-18-9-6-12(10-15(18)22)20(26)23-13-7-8-14(17(25)11-13)21-24-16-4-2-3-5-19(16)28-21/h2-11,25H,1H3,(H,23,26). The summed E-state index contributed by atoms with van der Waals surface area (Å²) in [5, 5.41) is 13.1. The maximum atomic E-state index is 12.5. The third kappa shape index (κ3) is 3.44. The number of hydrogen-bond donors (Lipinski definition) is 2.